The van der Waals surface area contributed by atoms with Gasteiger partial charge >= 0.3 is 5.97 Å². The number of aliphatic hydroxyl groups is 1. The van der Waals surface area contributed by atoms with Gasteiger partial charge in [0.1, 0.15) is 0 Å². The minimum absolute atomic E-state index is 0.0365. The van der Waals surface area contributed by atoms with Crippen molar-refractivity contribution >= 4 is 5.97 Å². The van der Waals surface area contributed by atoms with Gasteiger partial charge in [0, 0.05) is 24.8 Å². The largest absolute Gasteiger partial charge is 0.478 e. The highest BCUT2D eigenvalue weighted by Gasteiger charge is 2.12. The highest BCUT2D eigenvalue weighted by Crippen LogP contribution is 2.18. The van der Waals surface area contributed by atoms with Crippen molar-refractivity contribution < 1.29 is 15.0 Å². The molecule has 0 spiro atoms. The molecule has 1 aromatic carbocycles. The summed E-state index contributed by atoms with van der Waals surface area (Å²) >= 11 is 0. The standard InChI is InChI=1S/C14H19NO3/c1-11(14(17)18)10-15-13(8-5-9-16)12-6-3-2-4-7-12/h2-4,6-7,13,15-16H,1,5,8-10H2,(H,17,18). The van der Waals surface area contributed by atoms with E-state index in [0.717, 1.165) is 12.0 Å². The van der Waals surface area contributed by atoms with E-state index in [4.69, 9.17) is 10.2 Å². The highest BCUT2D eigenvalue weighted by molar-refractivity contribution is 5.86. The van der Waals surface area contributed by atoms with Crippen LogP contribution in [0.25, 0.3) is 0 Å². The van der Waals surface area contributed by atoms with Crippen LogP contribution in [0.5, 0.6) is 0 Å². The lowest BCUT2D eigenvalue weighted by Crippen LogP contribution is -2.25. The molecular formula is C14H19NO3. The van der Waals surface area contributed by atoms with Crippen molar-refractivity contribution in [3.8, 4) is 0 Å². The van der Waals surface area contributed by atoms with Crippen LogP contribution < -0.4 is 5.32 Å². The summed E-state index contributed by atoms with van der Waals surface area (Å²) in [5, 5.41) is 20.8. The van der Waals surface area contributed by atoms with Crippen LogP contribution >= 0.6 is 0 Å². The molecule has 4 heteroatoms. The van der Waals surface area contributed by atoms with Gasteiger partial charge < -0.3 is 15.5 Å². The molecule has 4 nitrogen and oxygen atoms in total. The van der Waals surface area contributed by atoms with Crippen LogP contribution in [0.1, 0.15) is 24.4 Å². The van der Waals surface area contributed by atoms with Crippen molar-refractivity contribution in [3.63, 3.8) is 0 Å². The first-order valence-corrected chi connectivity index (χ1v) is 5.95. The summed E-state index contributed by atoms with van der Waals surface area (Å²) in [5.41, 5.74) is 1.23. The number of benzene rings is 1. The quantitative estimate of drug-likeness (QED) is 0.614. The van der Waals surface area contributed by atoms with Crippen LogP contribution in [0.2, 0.25) is 0 Å². The van der Waals surface area contributed by atoms with Gasteiger partial charge in [0.2, 0.25) is 0 Å². The zero-order valence-electron chi connectivity index (χ0n) is 10.3. The maximum Gasteiger partial charge on any atom is 0.332 e. The Kier molecular flexibility index (Phi) is 6.11. The molecule has 0 heterocycles. The first-order valence-electron chi connectivity index (χ1n) is 5.95. The second kappa shape index (κ2) is 7.63. The molecule has 0 aliphatic heterocycles. The number of nitrogens with one attached hydrogen (secondary N) is 1. The Morgan fingerprint density at radius 1 is 1.33 bits per heavy atom. The lowest BCUT2D eigenvalue weighted by atomic mass is 10.0. The first-order chi connectivity index (χ1) is 8.65. The van der Waals surface area contributed by atoms with E-state index in [-0.39, 0.29) is 24.8 Å². The fourth-order valence-corrected chi connectivity index (χ4v) is 1.69. The van der Waals surface area contributed by atoms with E-state index in [0.29, 0.717) is 6.42 Å². The van der Waals surface area contributed by atoms with Crippen LogP contribution in [-0.4, -0.2) is 29.3 Å². The predicted octanol–water partition coefficient (Wildman–Crippen LogP) is 1.73. The zero-order chi connectivity index (χ0) is 13.4. The summed E-state index contributed by atoms with van der Waals surface area (Å²) in [6.45, 7) is 3.85. The average molecular weight is 249 g/mol. The van der Waals surface area contributed by atoms with E-state index >= 15 is 0 Å². The molecule has 0 aliphatic rings. The molecule has 0 saturated carbocycles. The second-order valence-corrected chi connectivity index (χ2v) is 4.12. The fraction of sp³-hybridized carbons (Fsp3) is 0.357. The summed E-state index contributed by atoms with van der Waals surface area (Å²) in [6.07, 6.45) is 1.43. The van der Waals surface area contributed by atoms with Gasteiger partial charge in [-0.05, 0) is 18.4 Å². The van der Waals surface area contributed by atoms with Gasteiger partial charge in [-0.15, -0.1) is 0 Å². The van der Waals surface area contributed by atoms with Crippen molar-refractivity contribution in [1.82, 2.24) is 5.32 Å². The number of carbonyl (C=O) groups is 1. The number of carboxylic acids is 1. The molecule has 1 unspecified atom stereocenters. The number of hydrogen-bond acceptors (Lipinski definition) is 3. The van der Waals surface area contributed by atoms with E-state index in [2.05, 4.69) is 11.9 Å². The Labute approximate surface area is 107 Å². The third-order valence-electron chi connectivity index (χ3n) is 2.72. The molecule has 1 aromatic rings. The average Bonchev–Trinajstić information content (AvgIpc) is 2.39. The minimum atomic E-state index is -0.989. The summed E-state index contributed by atoms with van der Waals surface area (Å²) in [7, 11) is 0. The first kappa shape index (κ1) is 14.4. The fourth-order valence-electron chi connectivity index (χ4n) is 1.69. The van der Waals surface area contributed by atoms with Crippen LogP contribution in [0.15, 0.2) is 42.5 Å². The zero-order valence-corrected chi connectivity index (χ0v) is 10.3. The SMILES string of the molecule is C=C(CNC(CCCO)c1ccccc1)C(=O)O. The Balaban J connectivity index is 2.62. The molecular weight excluding hydrogens is 230 g/mol. The number of aliphatic carboxylic acids is 1. The third kappa shape index (κ3) is 4.69. The number of aliphatic hydroxyl groups excluding tert-OH is 1. The topological polar surface area (TPSA) is 69.6 Å². The van der Waals surface area contributed by atoms with Crippen molar-refractivity contribution in [1.29, 1.82) is 0 Å². The summed E-state index contributed by atoms with van der Waals surface area (Å²) < 4.78 is 0. The Morgan fingerprint density at radius 3 is 2.56 bits per heavy atom. The molecule has 1 rings (SSSR count). The molecule has 98 valence electrons. The molecule has 0 radical (unpaired) electrons. The van der Waals surface area contributed by atoms with Crippen LogP contribution in [0.3, 0.4) is 0 Å². The Bertz CT molecular complexity index is 389. The van der Waals surface area contributed by atoms with Gasteiger partial charge in [0.25, 0.3) is 0 Å². The monoisotopic (exact) mass is 249 g/mol. The second-order valence-electron chi connectivity index (χ2n) is 4.12. The highest BCUT2D eigenvalue weighted by atomic mass is 16.4. The predicted molar refractivity (Wildman–Crippen MR) is 70.3 cm³/mol. The van der Waals surface area contributed by atoms with Crippen molar-refractivity contribution in [2.24, 2.45) is 0 Å². The maximum absolute atomic E-state index is 10.7. The molecule has 0 aromatic heterocycles. The van der Waals surface area contributed by atoms with E-state index < -0.39 is 5.97 Å². The molecule has 0 saturated heterocycles. The lowest BCUT2D eigenvalue weighted by Gasteiger charge is -2.19. The molecule has 0 aliphatic carbocycles. The molecule has 1 atom stereocenters. The molecule has 3 N–H and O–H groups in total. The van der Waals surface area contributed by atoms with Gasteiger partial charge in [-0.25, -0.2) is 4.79 Å². The van der Waals surface area contributed by atoms with Gasteiger partial charge in [-0.3, -0.25) is 0 Å². The molecule has 0 fully saturated rings. The number of hydrogen-bond donors (Lipinski definition) is 3. The Morgan fingerprint density at radius 2 is 2.00 bits per heavy atom. The van der Waals surface area contributed by atoms with E-state index in [1.807, 2.05) is 30.3 Å². The number of rotatable bonds is 8. The van der Waals surface area contributed by atoms with Gasteiger partial charge in [0.05, 0.1) is 0 Å². The normalized spacial score (nSPS) is 12.1. The van der Waals surface area contributed by atoms with Crippen LogP contribution in [0.4, 0.5) is 0 Å². The summed E-state index contributed by atoms with van der Waals surface area (Å²) in [5.74, 6) is -0.989. The molecule has 0 bridgehead atoms. The van der Waals surface area contributed by atoms with Crippen molar-refractivity contribution in [2.45, 2.75) is 18.9 Å². The Hall–Kier alpha value is -1.65. The van der Waals surface area contributed by atoms with Crippen molar-refractivity contribution in [2.75, 3.05) is 13.2 Å². The smallest absolute Gasteiger partial charge is 0.332 e. The minimum Gasteiger partial charge on any atom is -0.478 e. The van der Waals surface area contributed by atoms with Gasteiger partial charge in [-0.2, -0.15) is 0 Å². The van der Waals surface area contributed by atoms with E-state index in [1.165, 1.54) is 0 Å². The molecule has 0 amide bonds. The van der Waals surface area contributed by atoms with Crippen LogP contribution in [0, 0.1) is 0 Å². The number of carboxylic acid groups (broad SMARTS) is 1. The van der Waals surface area contributed by atoms with Crippen LogP contribution in [-0.2, 0) is 4.79 Å². The lowest BCUT2D eigenvalue weighted by molar-refractivity contribution is -0.132. The van der Waals surface area contributed by atoms with E-state index in [9.17, 15) is 4.79 Å². The summed E-state index contributed by atoms with van der Waals surface area (Å²) in [6, 6.07) is 9.82. The van der Waals surface area contributed by atoms with Crippen molar-refractivity contribution in [3.05, 3.63) is 48.0 Å². The van der Waals surface area contributed by atoms with E-state index in [1.54, 1.807) is 0 Å². The maximum atomic E-state index is 10.7. The van der Waals surface area contributed by atoms with Gasteiger partial charge in [-0.1, -0.05) is 36.9 Å². The summed E-state index contributed by atoms with van der Waals surface area (Å²) in [4.78, 5) is 10.7. The molecule has 18 heavy (non-hydrogen) atoms. The van der Waals surface area contributed by atoms with Gasteiger partial charge in [0.15, 0.2) is 0 Å². The third-order valence-corrected chi connectivity index (χ3v) is 2.72.